The number of halogens is 1. The molecule has 0 saturated carbocycles. The standard InChI is InChI=1S/C18H17BrN2/c1-18(2)20-15(12-8-10-14(19)11-9-12)17-16(21(17)18)13-6-4-3-5-7-13/h3-11,16-17H,1-2H3/t16-,17+,21?/m1/s1. The summed E-state index contributed by atoms with van der Waals surface area (Å²) in [5.74, 6) is 0. The molecule has 0 aliphatic carbocycles. The highest BCUT2D eigenvalue weighted by Crippen LogP contribution is 2.54. The third kappa shape index (κ3) is 2.07. The minimum absolute atomic E-state index is 0.117. The second kappa shape index (κ2) is 4.52. The average Bonchev–Trinajstić information content (AvgIpc) is 3.17. The van der Waals surface area contributed by atoms with Gasteiger partial charge in [-0.1, -0.05) is 58.4 Å². The summed E-state index contributed by atoms with van der Waals surface area (Å²) in [5.41, 5.74) is 3.73. The third-order valence-corrected chi connectivity index (χ3v) is 4.92. The van der Waals surface area contributed by atoms with Gasteiger partial charge in [0.1, 0.15) is 5.66 Å². The molecule has 0 radical (unpaired) electrons. The number of hydrogen-bond acceptors (Lipinski definition) is 2. The van der Waals surface area contributed by atoms with Crippen LogP contribution in [-0.4, -0.2) is 22.3 Å². The van der Waals surface area contributed by atoms with Crippen molar-refractivity contribution in [2.24, 2.45) is 4.99 Å². The maximum atomic E-state index is 4.95. The Balaban J connectivity index is 1.72. The van der Waals surface area contributed by atoms with E-state index in [-0.39, 0.29) is 5.66 Å². The highest BCUT2D eigenvalue weighted by molar-refractivity contribution is 9.10. The molecular formula is C18H17BrN2. The van der Waals surface area contributed by atoms with Crippen LogP contribution in [0.1, 0.15) is 31.0 Å². The van der Waals surface area contributed by atoms with Crippen LogP contribution in [0, 0.1) is 0 Å². The first-order valence-corrected chi connectivity index (χ1v) is 8.06. The normalized spacial score (nSPS) is 28.9. The van der Waals surface area contributed by atoms with Crippen molar-refractivity contribution in [2.75, 3.05) is 0 Å². The van der Waals surface area contributed by atoms with Crippen molar-refractivity contribution in [2.45, 2.75) is 31.6 Å². The van der Waals surface area contributed by atoms with Gasteiger partial charge in [-0.25, -0.2) is 0 Å². The van der Waals surface area contributed by atoms with Gasteiger partial charge in [0.15, 0.2) is 0 Å². The van der Waals surface area contributed by atoms with Crippen LogP contribution >= 0.6 is 15.9 Å². The first-order chi connectivity index (χ1) is 10.1. The van der Waals surface area contributed by atoms with E-state index >= 15 is 0 Å². The molecule has 2 aliphatic rings. The minimum atomic E-state index is -0.117. The summed E-state index contributed by atoms with van der Waals surface area (Å²) >= 11 is 3.50. The molecular weight excluding hydrogens is 324 g/mol. The summed E-state index contributed by atoms with van der Waals surface area (Å²) in [7, 11) is 0. The highest BCUT2D eigenvalue weighted by Gasteiger charge is 2.62. The van der Waals surface area contributed by atoms with Gasteiger partial charge >= 0.3 is 0 Å². The lowest BCUT2D eigenvalue weighted by atomic mass is 10.0. The van der Waals surface area contributed by atoms with E-state index in [9.17, 15) is 0 Å². The van der Waals surface area contributed by atoms with Gasteiger partial charge in [0, 0.05) is 4.47 Å². The number of benzene rings is 2. The number of nitrogens with zero attached hydrogens (tertiary/aromatic N) is 2. The average molecular weight is 341 g/mol. The van der Waals surface area contributed by atoms with E-state index in [0.29, 0.717) is 12.1 Å². The molecule has 0 aromatic heterocycles. The van der Waals surface area contributed by atoms with Crippen molar-refractivity contribution in [3.63, 3.8) is 0 Å². The zero-order valence-electron chi connectivity index (χ0n) is 12.1. The van der Waals surface area contributed by atoms with Crippen LogP contribution in [0.5, 0.6) is 0 Å². The van der Waals surface area contributed by atoms with Crippen molar-refractivity contribution in [1.82, 2.24) is 4.90 Å². The van der Waals surface area contributed by atoms with Gasteiger partial charge in [-0.2, -0.15) is 0 Å². The topological polar surface area (TPSA) is 15.4 Å². The number of hydrogen-bond donors (Lipinski definition) is 0. The largest absolute Gasteiger partial charge is 0.266 e. The molecule has 2 aliphatic heterocycles. The number of fused-ring (bicyclic) bond motifs is 1. The van der Waals surface area contributed by atoms with Gasteiger partial charge in [-0.05, 0) is 37.1 Å². The van der Waals surface area contributed by atoms with E-state index < -0.39 is 0 Å². The number of aliphatic imine (C=N–C) groups is 1. The minimum Gasteiger partial charge on any atom is -0.266 e. The Morgan fingerprint density at radius 1 is 0.952 bits per heavy atom. The summed E-state index contributed by atoms with van der Waals surface area (Å²) in [6.07, 6.45) is 0. The molecule has 4 rings (SSSR count). The molecule has 3 heteroatoms. The lowest BCUT2D eigenvalue weighted by molar-refractivity contribution is 0.281. The van der Waals surface area contributed by atoms with Crippen LogP contribution in [0.4, 0.5) is 0 Å². The summed E-state index contributed by atoms with van der Waals surface area (Å²) < 4.78 is 1.11. The maximum absolute atomic E-state index is 4.95. The van der Waals surface area contributed by atoms with Crippen molar-refractivity contribution in [3.8, 4) is 0 Å². The van der Waals surface area contributed by atoms with E-state index in [0.717, 1.165) is 4.47 Å². The monoisotopic (exact) mass is 340 g/mol. The first kappa shape index (κ1) is 13.2. The van der Waals surface area contributed by atoms with E-state index in [1.54, 1.807) is 0 Å². The first-order valence-electron chi connectivity index (χ1n) is 7.27. The Morgan fingerprint density at radius 3 is 2.29 bits per heavy atom. The smallest absolute Gasteiger partial charge is 0.109 e. The molecule has 1 unspecified atom stereocenters. The second-order valence-electron chi connectivity index (χ2n) is 6.21. The summed E-state index contributed by atoms with van der Waals surface area (Å²) in [6.45, 7) is 4.41. The van der Waals surface area contributed by atoms with Crippen LogP contribution in [0.2, 0.25) is 0 Å². The van der Waals surface area contributed by atoms with Gasteiger partial charge in [-0.3, -0.25) is 9.89 Å². The zero-order valence-corrected chi connectivity index (χ0v) is 13.7. The zero-order chi connectivity index (χ0) is 14.6. The van der Waals surface area contributed by atoms with Gasteiger partial charge in [0.25, 0.3) is 0 Å². The molecule has 2 aromatic carbocycles. The lowest BCUT2D eigenvalue weighted by Gasteiger charge is -2.20. The summed E-state index contributed by atoms with van der Waals surface area (Å²) in [4.78, 5) is 7.45. The Hall–Kier alpha value is -1.45. The molecule has 21 heavy (non-hydrogen) atoms. The Kier molecular flexibility index (Phi) is 2.85. The fraction of sp³-hybridized carbons (Fsp3) is 0.278. The molecule has 1 saturated heterocycles. The van der Waals surface area contributed by atoms with Gasteiger partial charge in [0.05, 0.1) is 17.8 Å². The molecule has 0 bridgehead atoms. The Bertz CT molecular complexity index is 704. The van der Waals surface area contributed by atoms with Crippen LogP contribution < -0.4 is 0 Å². The Morgan fingerprint density at radius 2 is 1.62 bits per heavy atom. The fourth-order valence-electron chi connectivity index (χ4n) is 3.46. The number of rotatable bonds is 2. The van der Waals surface area contributed by atoms with Gasteiger partial charge in [-0.15, -0.1) is 0 Å². The van der Waals surface area contributed by atoms with Crippen molar-refractivity contribution < 1.29 is 0 Å². The lowest BCUT2D eigenvalue weighted by Crippen LogP contribution is -2.25. The maximum Gasteiger partial charge on any atom is 0.109 e. The quantitative estimate of drug-likeness (QED) is 0.739. The molecule has 2 nitrogen and oxygen atoms in total. The summed E-state index contributed by atoms with van der Waals surface area (Å²) in [5, 5.41) is 0. The molecule has 3 atom stereocenters. The highest BCUT2D eigenvalue weighted by atomic mass is 79.9. The fourth-order valence-corrected chi connectivity index (χ4v) is 3.73. The molecule has 1 fully saturated rings. The third-order valence-electron chi connectivity index (χ3n) is 4.40. The molecule has 0 amide bonds. The van der Waals surface area contributed by atoms with E-state index in [1.807, 2.05) is 0 Å². The van der Waals surface area contributed by atoms with Crippen LogP contribution in [0.15, 0.2) is 64.1 Å². The van der Waals surface area contributed by atoms with Crippen LogP contribution in [-0.2, 0) is 0 Å². The predicted molar refractivity (Wildman–Crippen MR) is 89.6 cm³/mol. The SMILES string of the molecule is CC1(C)N=C(c2ccc(Br)cc2)[C@H]2[C@@H](c3ccccc3)N21. The van der Waals surface area contributed by atoms with Crippen LogP contribution in [0.25, 0.3) is 0 Å². The van der Waals surface area contributed by atoms with Crippen molar-refractivity contribution in [3.05, 3.63) is 70.2 Å². The summed E-state index contributed by atoms with van der Waals surface area (Å²) in [6, 6.07) is 20.1. The molecule has 2 aromatic rings. The van der Waals surface area contributed by atoms with E-state index in [4.69, 9.17) is 4.99 Å². The van der Waals surface area contributed by atoms with E-state index in [2.05, 4.69) is 89.3 Å². The van der Waals surface area contributed by atoms with Crippen molar-refractivity contribution in [1.29, 1.82) is 0 Å². The molecule has 2 heterocycles. The van der Waals surface area contributed by atoms with Gasteiger partial charge in [0.2, 0.25) is 0 Å². The van der Waals surface area contributed by atoms with Gasteiger partial charge < -0.3 is 0 Å². The second-order valence-corrected chi connectivity index (χ2v) is 7.12. The van der Waals surface area contributed by atoms with Crippen LogP contribution in [0.3, 0.4) is 0 Å². The Labute approximate surface area is 133 Å². The van der Waals surface area contributed by atoms with Crippen molar-refractivity contribution >= 4 is 21.6 Å². The molecule has 0 N–H and O–H groups in total. The predicted octanol–water partition coefficient (Wildman–Crippen LogP) is 4.41. The molecule has 0 spiro atoms. The molecule has 106 valence electrons. The van der Waals surface area contributed by atoms with E-state index in [1.165, 1.54) is 16.8 Å².